The maximum Gasteiger partial charge on any atom is 0.261 e. The van der Waals surface area contributed by atoms with Gasteiger partial charge in [0, 0.05) is 31.2 Å². The predicted molar refractivity (Wildman–Crippen MR) is 129 cm³/mol. The van der Waals surface area contributed by atoms with Gasteiger partial charge < -0.3 is 20.5 Å². The van der Waals surface area contributed by atoms with E-state index in [0.717, 1.165) is 6.42 Å². The van der Waals surface area contributed by atoms with Crippen LogP contribution in [0.5, 0.6) is 5.75 Å². The number of carbonyl (C=O) groups is 2. The van der Waals surface area contributed by atoms with Crippen LogP contribution in [0.3, 0.4) is 0 Å². The molecule has 1 unspecified atom stereocenters. The van der Waals surface area contributed by atoms with Crippen molar-refractivity contribution in [3.05, 3.63) is 47.9 Å². The third-order valence-electron chi connectivity index (χ3n) is 5.94. The molecule has 0 spiro atoms. The Hall–Kier alpha value is -3.37. The van der Waals surface area contributed by atoms with Gasteiger partial charge in [0.15, 0.2) is 0 Å². The number of amides is 2. The molecule has 9 nitrogen and oxygen atoms in total. The van der Waals surface area contributed by atoms with Crippen LogP contribution in [0.1, 0.15) is 30.6 Å². The summed E-state index contributed by atoms with van der Waals surface area (Å²) in [6, 6.07) is 7.85. The van der Waals surface area contributed by atoms with E-state index in [9.17, 15) is 14.0 Å². The molecule has 0 saturated carbocycles. The van der Waals surface area contributed by atoms with Crippen molar-refractivity contribution in [3.8, 4) is 17.0 Å². The molecule has 3 heterocycles. The van der Waals surface area contributed by atoms with E-state index in [1.807, 2.05) is 18.7 Å². The van der Waals surface area contributed by atoms with E-state index >= 15 is 0 Å². The Morgan fingerprint density at radius 1 is 1.31 bits per heavy atom. The maximum absolute atomic E-state index is 14.6. The first kappa shape index (κ1) is 24.7. The lowest BCUT2D eigenvalue weighted by atomic mass is 10.1. The minimum atomic E-state index is -0.607. The summed E-state index contributed by atoms with van der Waals surface area (Å²) in [4.78, 5) is 34.5. The van der Waals surface area contributed by atoms with E-state index in [1.54, 1.807) is 24.4 Å². The highest BCUT2D eigenvalue weighted by Crippen LogP contribution is 2.24. The summed E-state index contributed by atoms with van der Waals surface area (Å²) >= 11 is 0. The average molecular weight is 484 g/mol. The van der Waals surface area contributed by atoms with E-state index in [4.69, 9.17) is 15.2 Å². The van der Waals surface area contributed by atoms with Gasteiger partial charge >= 0.3 is 0 Å². The van der Waals surface area contributed by atoms with Crippen LogP contribution >= 0.6 is 0 Å². The number of halogens is 1. The predicted octanol–water partition coefficient (Wildman–Crippen LogP) is 2.01. The van der Waals surface area contributed by atoms with E-state index in [1.165, 1.54) is 12.1 Å². The van der Waals surface area contributed by atoms with Crippen molar-refractivity contribution >= 4 is 17.6 Å². The first-order valence-corrected chi connectivity index (χ1v) is 11.7. The van der Waals surface area contributed by atoms with Gasteiger partial charge in [0.2, 0.25) is 0 Å². The summed E-state index contributed by atoms with van der Waals surface area (Å²) in [7, 11) is 0. The van der Waals surface area contributed by atoms with Gasteiger partial charge in [0.05, 0.1) is 36.6 Å². The Morgan fingerprint density at radius 2 is 2.11 bits per heavy atom. The molecule has 2 aliphatic heterocycles. The fourth-order valence-corrected chi connectivity index (χ4v) is 3.81. The summed E-state index contributed by atoms with van der Waals surface area (Å²) in [6.45, 7) is 6.23. The summed E-state index contributed by atoms with van der Waals surface area (Å²) < 4.78 is 25.7. The molecule has 2 fully saturated rings. The minimum absolute atomic E-state index is 0.00814. The van der Waals surface area contributed by atoms with Crippen molar-refractivity contribution in [1.82, 2.24) is 15.2 Å². The first-order chi connectivity index (χ1) is 16.8. The molecule has 4 rings (SSSR count). The van der Waals surface area contributed by atoms with Crippen LogP contribution in [0.15, 0.2) is 41.5 Å². The van der Waals surface area contributed by atoms with Gasteiger partial charge in [-0.2, -0.15) is 4.99 Å². The van der Waals surface area contributed by atoms with Crippen molar-refractivity contribution in [2.45, 2.75) is 32.4 Å². The second-order valence-corrected chi connectivity index (χ2v) is 9.13. The Kier molecular flexibility index (Phi) is 7.72. The van der Waals surface area contributed by atoms with Crippen molar-refractivity contribution in [2.75, 3.05) is 32.8 Å². The third kappa shape index (κ3) is 6.40. The van der Waals surface area contributed by atoms with Crippen LogP contribution in [-0.2, 0) is 9.53 Å². The van der Waals surface area contributed by atoms with Gasteiger partial charge in [-0.1, -0.05) is 19.9 Å². The molecule has 0 bridgehead atoms. The van der Waals surface area contributed by atoms with Crippen LogP contribution in [0, 0.1) is 11.7 Å². The highest BCUT2D eigenvalue weighted by atomic mass is 19.1. The molecule has 0 radical (unpaired) electrons. The molecule has 3 N–H and O–H groups in total. The van der Waals surface area contributed by atoms with E-state index < -0.39 is 11.7 Å². The Labute approximate surface area is 203 Å². The molecule has 2 aliphatic rings. The lowest BCUT2D eigenvalue weighted by Gasteiger charge is -2.38. The molecule has 1 aromatic carbocycles. The number of ether oxygens (including phenoxy) is 2. The number of hydrogen-bond acceptors (Lipinski definition) is 6. The molecule has 186 valence electrons. The third-order valence-corrected chi connectivity index (χ3v) is 5.94. The van der Waals surface area contributed by atoms with Crippen molar-refractivity contribution in [1.29, 1.82) is 0 Å². The van der Waals surface area contributed by atoms with Crippen LogP contribution in [0.25, 0.3) is 11.3 Å². The molecule has 35 heavy (non-hydrogen) atoms. The number of nitrogens with zero attached hydrogens (tertiary/aromatic N) is 3. The first-order valence-electron chi connectivity index (χ1n) is 11.7. The second-order valence-electron chi connectivity index (χ2n) is 9.13. The maximum atomic E-state index is 14.6. The number of carbonyl (C=O) groups excluding carboxylic acids is 2. The topological polar surface area (TPSA) is 119 Å². The lowest BCUT2D eigenvalue weighted by molar-refractivity contribution is -0.121. The SMILES string of the molecule is CC(C)C(N)=NC(=O)CN1CC(Oc2ccc(-c3ccc(C(=O)NC4CCOC4)c(F)c3)nc2)C1. The van der Waals surface area contributed by atoms with Gasteiger partial charge in [0.25, 0.3) is 11.8 Å². The van der Waals surface area contributed by atoms with Crippen LogP contribution in [0.4, 0.5) is 4.39 Å². The molecule has 1 atom stereocenters. The molecular weight excluding hydrogens is 453 g/mol. The smallest absolute Gasteiger partial charge is 0.261 e. The summed E-state index contributed by atoms with van der Waals surface area (Å²) in [6.07, 6.45) is 2.25. The highest BCUT2D eigenvalue weighted by molar-refractivity contribution is 5.95. The zero-order chi connectivity index (χ0) is 24.9. The molecule has 2 amide bonds. The van der Waals surface area contributed by atoms with Gasteiger partial charge in [-0.25, -0.2) is 4.39 Å². The molecule has 1 aromatic heterocycles. The second kappa shape index (κ2) is 10.9. The number of hydrogen-bond donors (Lipinski definition) is 2. The quantitative estimate of drug-likeness (QED) is 0.435. The standard InChI is InChI=1S/C25H30FN5O4/c1-15(2)24(27)30-23(32)13-31-11-19(12-31)35-18-4-6-22(28-10-18)16-3-5-20(21(26)9-16)25(33)29-17-7-8-34-14-17/h3-6,9-10,15,17,19H,7-8,11-14H2,1-2H3,(H,29,33)(H2,27,30,32). The highest BCUT2D eigenvalue weighted by Gasteiger charge is 2.30. The number of nitrogens with two attached hydrogens (primary N) is 1. The zero-order valence-corrected chi connectivity index (χ0v) is 19.9. The fourth-order valence-electron chi connectivity index (χ4n) is 3.81. The minimum Gasteiger partial charge on any atom is -0.486 e. The van der Waals surface area contributed by atoms with E-state index in [0.29, 0.717) is 49.1 Å². The number of aliphatic imine (C=N–C) groups is 1. The average Bonchev–Trinajstić information content (AvgIpc) is 3.30. The fraction of sp³-hybridized carbons (Fsp3) is 0.440. The summed E-state index contributed by atoms with van der Waals surface area (Å²) in [5, 5.41) is 2.79. The van der Waals surface area contributed by atoms with Gasteiger partial charge in [-0.15, -0.1) is 0 Å². The van der Waals surface area contributed by atoms with E-state index in [-0.39, 0.29) is 36.1 Å². The number of nitrogens with one attached hydrogen (secondary N) is 1. The number of aromatic nitrogens is 1. The Morgan fingerprint density at radius 3 is 2.74 bits per heavy atom. The van der Waals surface area contributed by atoms with Crippen LogP contribution < -0.4 is 15.8 Å². The summed E-state index contributed by atoms with van der Waals surface area (Å²) in [5.41, 5.74) is 6.85. The van der Waals surface area contributed by atoms with Crippen molar-refractivity contribution in [2.24, 2.45) is 16.6 Å². The number of amidine groups is 1. The van der Waals surface area contributed by atoms with Crippen molar-refractivity contribution in [3.63, 3.8) is 0 Å². The molecule has 2 aromatic rings. The van der Waals surface area contributed by atoms with Crippen LogP contribution in [-0.4, -0.2) is 72.5 Å². The largest absolute Gasteiger partial charge is 0.486 e. The zero-order valence-electron chi connectivity index (χ0n) is 19.9. The van der Waals surface area contributed by atoms with Crippen LogP contribution in [0.2, 0.25) is 0 Å². The van der Waals surface area contributed by atoms with Crippen molar-refractivity contribution < 1.29 is 23.5 Å². The monoisotopic (exact) mass is 483 g/mol. The molecule has 10 heteroatoms. The number of pyridine rings is 1. The Balaban J connectivity index is 1.28. The number of likely N-dealkylation sites (tertiary alicyclic amines) is 1. The van der Waals surface area contributed by atoms with E-state index in [2.05, 4.69) is 15.3 Å². The van der Waals surface area contributed by atoms with Gasteiger partial charge in [-0.05, 0) is 30.7 Å². The molecule has 0 aliphatic carbocycles. The number of rotatable bonds is 8. The number of benzene rings is 1. The summed E-state index contributed by atoms with van der Waals surface area (Å²) in [5.74, 6) is -0.359. The van der Waals surface area contributed by atoms with Gasteiger partial charge in [0.1, 0.15) is 23.5 Å². The normalized spacial score (nSPS) is 19.0. The lowest BCUT2D eigenvalue weighted by Crippen LogP contribution is -2.55. The molecule has 2 saturated heterocycles. The molecular formula is C25H30FN5O4. The Bertz CT molecular complexity index is 1090. The van der Waals surface area contributed by atoms with Gasteiger partial charge in [-0.3, -0.25) is 19.5 Å².